The van der Waals surface area contributed by atoms with E-state index in [1.807, 2.05) is 37.3 Å². The zero-order chi connectivity index (χ0) is 19.1. The Morgan fingerprint density at radius 1 is 1.00 bits per heavy atom. The maximum absolute atomic E-state index is 12.9. The highest BCUT2D eigenvalue weighted by Crippen LogP contribution is 2.18. The third kappa shape index (κ3) is 5.16. The molecule has 0 saturated heterocycles. The zero-order valence-corrected chi connectivity index (χ0v) is 15.9. The smallest absolute Gasteiger partial charge is 0.272 e. The molecule has 0 aliphatic heterocycles. The van der Waals surface area contributed by atoms with Gasteiger partial charge in [-0.15, -0.1) is 0 Å². The van der Waals surface area contributed by atoms with Gasteiger partial charge in [0.2, 0.25) is 0 Å². The van der Waals surface area contributed by atoms with Gasteiger partial charge in [0, 0.05) is 19.1 Å². The number of hydrogen-bond donors (Lipinski definition) is 1. The lowest BCUT2D eigenvalue weighted by molar-refractivity contribution is 0.0746. The molecule has 0 bridgehead atoms. The highest BCUT2D eigenvalue weighted by atomic mass is 16.2. The second kappa shape index (κ2) is 9.31. The molecule has 0 atom stereocenters. The van der Waals surface area contributed by atoms with Gasteiger partial charge in [0.05, 0.1) is 0 Å². The average molecular weight is 365 g/mol. The van der Waals surface area contributed by atoms with E-state index in [0.29, 0.717) is 24.5 Å². The number of carbonyl (C=O) groups excluding carboxylic acids is 2. The predicted octanol–water partition coefficient (Wildman–Crippen LogP) is 3.81. The van der Waals surface area contributed by atoms with Crippen molar-refractivity contribution in [2.75, 3.05) is 6.54 Å². The molecule has 1 saturated carbocycles. The summed E-state index contributed by atoms with van der Waals surface area (Å²) in [5.41, 5.74) is 1.69. The van der Waals surface area contributed by atoms with Crippen molar-refractivity contribution in [2.45, 2.75) is 51.6 Å². The van der Waals surface area contributed by atoms with E-state index in [-0.39, 0.29) is 17.9 Å². The van der Waals surface area contributed by atoms with Crippen molar-refractivity contribution in [3.8, 4) is 0 Å². The Morgan fingerprint density at radius 2 is 1.70 bits per heavy atom. The van der Waals surface area contributed by atoms with Gasteiger partial charge in [-0.25, -0.2) is 4.98 Å². The third-order valence-electron chi connectivity index (χ3n) is 5.03. The number of carbonyl (C=O) groups is 2. The minimum Gasteiger partial charge on any atom is -0.348 e. The van der Waals surface area contributed by atoms with Crippen LogP contribution in [0, 0.1) is 0 Å². The maximum atomic E-state index is 12.9. The van der Waals surface area contributed by atoms with E-state index >= 15 is 0 Å². The van der Waals surface area contributed by atoms with Crippen molar-refractivity contribution < 1.29 is 9.59 Å². The lowest BCUT2D eigenvalue weighted by atomic mass is 9.95. The SMILES string of the molecule is CCN(Cc1ccccc1)C(=O)c1cccc(C(=O)NC2CCCCC2)n1. The molecular weight excluding hydrogens is 338 g/mol. The fraction of sp³-hybridized carbons (Fsp3) is 0.409. The average Bonchev–Trinajstić information content (AvgIpc) is 2.73. The van der Waals surface area contributed by atoms with Crippen molar-refractivity contribution in [3.05, 3.63) is 65.5 Å². The van der Waals surface area contributed by atoms with Crippen LogP contribution in [-0.2, 0) is 6.54 Å². The van der Waals surface area contributed by atoms with Crippen molar-refractivity contribution in [1.82, 2.24) is 15.2 Å². The summed E-state index contributed by atoms with van der Waals surface area (Å²) in [5.74, 6) is -0.351. The molecule has 0 radical (unpaired) electrons. The molecular formula is C22H27N3O2. The van der Waals surface area contributed by atoms with E-state index in [0.717, 1.165) is 31.2 Å². The fourth-order valence-corrected chi connectivity index (χ4v) is 3.48. The van der Waals surface area contributed by atoms with Crippen molar-refractivity contribution in [1.29, 1.82) is 0 Å². The van der Waals surface area contributed by atoms with Crippen LogP contribution < -0.4 is 5.32 Å². The second-order valence-corrected chi connectivity index (χ2v) is 7.02. The summed E-state index contributed by atoms with van der Waals surface area (Å²) in [6.45, 7) is 3.05. The number of hydrogen-bond acceptors (Lipinski definition) is 3. The van der Waals surface area contributed by atoms with Gasteiger partial charge in [-0.2, -0.15) is 0 Å². The molecule has 1 aromatic heterocycles. The van der Waals surface area contributed by atoms with Gasteiger partial charge in [-0.3, -0.25) is 9.59 Å². The van der Waals surface area contributed by atoms with Gasteiger partial charge in [-0.05, 0) is 37.5 Å². The molecule has 5 heteroatoms. The summed E-state index contributed by atoms with van der Waals surface area (Å²) < 4.78 is 0. The zero-order valence-electron chi connectivity index (χ0n) is 15.9. The van der Waals surface area contributed by atoms with E-state index in [1.54, 1.807) is 23.1 Å². The highest BCUT2D eigenvalue weighted by molar-refractivity contribution is 5.96. The van der Waals surface area contributed by atoms with Gasteiger partial charge in [-0.1, -0.05) is 55.7 Å². The van der Waals surface area contributed by atoms with E-state index in [4.69, 9.17) is 0 Å². The Balaban J connectivity index is 1.69. The first-order chi connectivity index (χ1) is 13.2. The van der Waals surface area contributed by atoms with Crippen molar-refractivity contribution >= 4 is 11.8 Å². The van der Waals surface area contributed by atoms with E-state index in [2.05, 4.69) is 10.3 Å². The van der Waals surface area contributed by atoms with Gasteiger partial charge < -0.3 is 10.2 Å². The molecule has 1 N–H and O–H groups in total. The quantitative estimate of drug-likeness (QED) is 0.847. The maximum Gasteiger partial charge on any atom is 0.272 e. The Kier molecular flexibility index (Phi) is 6.58. The topological polar surface area (TPSA) is 62.3 Å². The predicted molar refractivity (Wildman–Crippen MR) is 105 cm³/mol. The number of benzene rings is 1. The van der Waals surface area contributed by atoms with Crippen LogP contribution in [0.4, 0.5) is 0 Å². The number of amides is 2. The summed E-state index contributed by atoms with van der Waals surface area (Å²) in [6, 6.07) is 15.2. The van der Waals surface area contributed by atoms with Crippen LogP contribution in [0.3, 0.4) is 0 Å². The van der Waals surface area contributed by atoms with Gasteiger partial charge >= 0.3 is 0 Å². The Labute approximate surface area is 160 Å². The molecule has 1 heterocycles. The molecule has 2 amide bonds. The largest absolute Gasteiger partial charge is 0.348 e. The normalized spacial score (nSPS) is 14.6. The lowest BCUT2D eigenvalue weighted by Crippen LogP contribution is -2.37. The molecule has 1 aliphatic carbocycles. The number of nitrogens with one attached hydrogen (secondary N) is 1. The van der Waals surface area contributed by atoms with Crippen molar-refractivity contribution in [2.24, 2.45) is 0 Å². The molecule has 2 aromatic rings. The summed E-state index contributed by atoms with van der Waals surface area (Å²) in [6.07, 6.45) is 5.59. The molecule has 0 spiro atoms. The fourth-order valence-electron chi connectivity index (χ4n) is 3.48. The van der Waals surface area contributed by atoms with Gasteiger partial charge in [0.1, 0.15) is 11.4 Å². The molecule has 27 heavy (non-hydrogen) atoms. The standard InChI is InChI=1S/C22H27N3O2/c1-2-25(16-17-10-5-3-6-11-17)22(27)20-15-9-14-19(24-20)21(26)23-18-12-7-4-8-13-18/h3,5-6,9-11,14-15,18H,2,4,7-8,12-13,16H2,1H3,(H,23,26). The van der Waals surface area contributed by atoms with Crippen LogP contribution >= 0.6 is 0 Å². The lowest BCUT2D eigenvalue weighted by Gasteiger charge is -2.23. The number of nitrogens with zero attached hydrogens (tertiary/aromatic N) is 2. The van der Waals surface area contributed by atoms with Crippen LogP contribution in [0.15, 0.2) is 48.5 Å². The number of rotatable bonds is 6. The summed E-state index contributed by atoms with van der Waals surface area (Å²) in [7, 11) is 0. The van der Waals surface area contributed by atoms with Crippen LogP contribution in [-0.4, -0.2) is 34.3 Å². The summed E-state index contributed by atoms with van der Waals surface area (Å²) >= 11 is 0. The number of aromatic nitrogens is 1. The Hall–Kier alpha value is -2.69. The first kappa shape index (κ1) is 19.1. The van der Waals surface area contributed by atoms with Crippen LogP contribution in [0.1, 0.15) is 65.6 Å². The Morgan fingerprint density at radius 3 is 2.41 bits per heavy atom. The first-order valence-electron chi connectivity index (χ1n) is 9.78. The van der Waals surface area contributed by atoms with Crippen LogP contribution in [0.2, 0.25) is 0 Å². The second-order valence-electron chi connectivity index (χ2n) is 7.02. The molecule has 5 nitrogen and oxygen atoms in total. The van der Waals surface area contributed by atoms with Gasteiger partial charge in [0.25, 0.3) is 11.8 Å². The third-order valence-corrected chi connectivity index (χ3v) is 5.03. The minimum atomic E-state index is -0.192. The summed E-state index contributed by atoms with van der Waals surface area (Å²) in [5, 5.41) is 3.06. The molecule has 1 aromatic carbocycles. The molecule has 142 valence electrons. The molecule has 3 rings (SSSR count). The number of pyridine rings is 1. The molecule has 1 fully saturated rings. The monoisotopic (exact) mass is 365 g/mol. The van der Waals surface area contributed by atoms with E-state index in [9.17, 15) is 9.59 Å². The first-order valence-corrected chi connectivity index (χ1v) is 9.78. The highest BCUT2D eigenvalue weighted by Gasteiger charge is 2.20. The molecule has 0 unspecified atom stereocenters. The van der Waals surface area contributed by atoms with Crippen LogP contribution in [0.25, 0.3) is 0 Å². The van der Waals surface area contributed by atoms with E-state index in [1.165, 1.54) is 6.42 Å². The molecule has 1 aliphatic rings. The summed E-state index contributed by atoms with van der Waals surface area (Å²) in [4.78, 5) is 31.5. The van der Waals surface area contributed by atoms with Crippen molar-refractivity contribution in [3.63, 3.8) is 0 Å². The van der Waals surface area contributed by atoms with Crippen LogP contribution in [0.5, 0.6) is 0 Å². The minimum absolute atomic E-state index is 0.159. The Bertz CT molecular complexity index is 770. The van der Waals surface area contributed by atoms with Gasteiger partial charge in [0.15, 0.2) is 0 Å². The van der Waals surface area contributed by atoms with E-state index < -0.39 is 0 Å².